The Kier molecular flexibility index (Phi) is 4.70. The largest absolute Gasteiger partial charge is 0.355 e. The van der Waals surface area contributed by atoms with Crippen molar-refractivity contribution in [1.29, 1.82) is 0 Å². The van der Waals surface area contributed by atoms with Gasteiger partial charge < -0.3 is 15.5 Å². The van der Waals surface area contributed by atoms with Crippen LogP contribution in [0.15, 0.2) is 22.7 Å². The Bertz CT molecular complexity index is 502. The molecule has 0 aliphatic carbocycles. The molecule has 4 nitrogen and oxygen atoms in total. The summed E-state index contributed by atoms with van der Waals surface area (Å²) in [6.45, 7) is 9.34. The molecule has 20 heavy (non-hydrogen) atoms. The van der Waals surface area contributed by atoms with E-state index in [0.717, 1.165) is 29.8 Å². The number of nitrogens with one attached hydrogen (secondary N) is 2. The fraction of sp³-hybridized carbons (Fsp3) is 0.533. The first-order valence-corrected chi connectivity index (χ1v) is 7.81. The molecule has 0 radical (unpaired) electrons. The number of carbonyl (C=O) groups is 1. The summed E-state index contributed by atoms with van der Waals surface area (Å²) in [5.74, 6) is 0.0763. The van der Waals surface area contributed by atoms with Crippen molar-refractivity contribution >= 4 is 27.5 Å². The maximum Gasteiger partial charge on any atom is 0.245 e. The third-order valence-corrected chi connectivity index (χ3v) is 4.37. The van der Waals surface area contributed by atoms with E-state index in [1.165, 1.54) is 5.56 Å². The average Bonchev–Trinajstić information content (AvgIpc) is 2.40. The van der Waals surface area contributed by atoms with Gasteiger partial charge in [-0.3, -0.25) is 4.79 Å². The van der Waals surface area contributed by atoms with Crippen molar-refractivity contribution < 1.29 is 4.79 Å². The molecular formula is C15H22BrN3O. The first kappa shape index (κ1) is 15.3. The fourth-order valence-corrected chi connectivity index (χ4v) is 3.11. The van der Waals surface area contributed by atoms with Gasteiger partial charge in [0, 0.05) is 24.1 Å². The quantitative estimate of drug-likeness (QED) is 0.884. The van der Waals surface area contributed by atoms with E-state index in [9.17, 15) is 4.79 Å². The van der Waals surface area contributed by atoms with Crippen LogP contribution in [-0.2, 0) is 11.3 Å². The molecule has 1 amide bonds. The lowest BCUT2D eigenvalue weighted by atomic mass is 9.97. The van der Waals surface area contributed by atoms with Crippen LogP contribution in [0.4, 0.5) is 5.69 Å². The molecule has 0 aromatic heterocycles. The highest BCUT2D eigenvalue weighted by molar-refractivity contribution is 9.10. The van der Waals surface area contributed by atoms with Crippen molar-refractivity contribution in [1.82, 2.24) is 10.6 Å². The van der Waals surface area contributed by atoms with Crippen LogP contribution in [0, 0.1) is 0 Å². The molecule has 1 aliphatic rings. The third kappa shape index (κ3) is 2.99. The summed E-state index contributed by atoms with van der Waals surface area (Å²) in [6, 6.07) is 6.34. The van der Waals surface area contributed by atoms with Gasteiger partial charge in [0.15, 0.2) is 0 Å². The monoisotopic (exact) mass is 339 g/mol. The zero-order valence-electron chi connectivity index (χ0n) is 12.3. The van der Waals surface area contributed by atoms with E-state index in [2.05, 4.69) is 56.6 Å². The normalized spacial score (nSPS) is 18.0. The number of hydrogen-bond acceptors (Lipinski definition) is 3. The van der Waals surface area contributed by atoms with Crippen molar-refractivity contribution in [2.24, 2.45) is 0 Å². The van der Waals surface area contributed by atoms with Crippen molar-refractivity contribution in [3.05, 3.63) is 28.2 Å². The topological polar surface area (TPSA) is 44.4 Å². The molecule has 2 rings (SSSR count). The zero-order valence-corrected chi connectivity index (χ0v) is 13.9. The van der Waals surface area contributed by atoms with Gasteiger partial charge in [-0.2, -0.15) is 0 Å². The molecule has 1 aromatic rings. The van der Waals surface area contributed by atoms with Gasteiger partial charge >= 0.3 is 0 Å². The van der Waals surface area contributed by atoms with Crippen molar-refractivity contribution in [3.63, 3.8) is 0 Å². The lowest BCUT2D eigenvalue weighted by Gasteiger charge is -2.43. The number of halogens is 1. The predicted molar refractivity (Wildman–Crippen MR) is 86.0 cm³/mol. The number of amides is 1. The smallest absolute Gasteiger partial charge is 0.245 e. The van der Waals surface area contributed by atoms with Gasteiger partial charge in [0.05, 0.1) is 5.69 Å². The molecule has 1 aromatic carbocycles. The molecule has 110 valence electrons. The van der Waals surface area contributed by atoms with Crippen LogP contribution in [0.1, 0.15) is 26.3 Å². The molecule has 1 heterocycles. The lowest BCUT2D eigenvalue weighted by molar-refractivity contribution is -0.126. The van der Waals surface area contributed by atoms with Gasteiger partial charge in [0.1, 0.15) is 5.54 Å². The second-order valence-electron chi connectivity index (χ2n) is 5.53. The van der Waals surface area contributed by atoms with Gasteiger partial charge in [-0.25, -0.2) is 0 Å². The van der Waals surface area contributed by atoms with Gasteiger partial charge in [-0.15, -0.1) is 0 Å². The number of nitrogens with zero attached hydrogens (tertiary/aromatic N) is 1. The number of carbonyl (C=O) groups excluding carboxylic acids is 1. The van der Waals surface area contributed by atoms with Crippen LogP contribution in [0.5, 0.6) is 0 Å². The van der Waals surface area contributed by atoms with Crippen LogP contribution >= 0.6 is 15.9 Å². The van der Waals surface area contributed by atoms with Crippen molar-refractivity contribution in [2.75, 3.05) is 24.5 Å². The van der Waals surface area contributed by atoms with Gasteiger partial charge in [0.25, 0.3) is 0 Å². The van der Waals surface area contributed by atoms with Crippen LogP contribution in [-0.4, -0.2) is 31.1 Å². The molecular weight excluding hydrogens is 318 g/mol. The minimum Gasteiger partial charge on any atom is -0.355 e. The second-order valence-corrected chi connectivity index (χ2v) is 6.39. The van der Waals surface area contributed by atoms with Gasteiger partial charge in [-0.05, 0) is 54.0 Å². The van der Waals surface area contributed by atoms with Crippen LogP contribution in [0.3, 0.4) is 0 Å². The summed E-state index contributed by atoms with van der Waals surface area (Å²) in [4.78, 5) is 14.2. The number of piperazine rings is 1. The Morgan fingerprint density at radius 1 is 1.45 bits per heavy atom. The standard InChI is InChI=1S/C15H22BrN3O/c1-4-17-10-11-5-6-13(12(16)9-11)19-8-7-18-14(20)15(19,2)3/h5-6,9,17H,4,7-8,10H2,1-3H3,(H,18,20). The SMILES string of the molecule is CCNCc1ccc(N2CCNC(=O)C2(C)C)c(Br)c1. The first-order chi connectivity index (χ1) is 9.46. The van der Waals surface area contributed by atoms with E-state index < -0.39 is 5.54 Å². The second kappa shape index (κ2) is 6.14. The molecule has 0 saturated carbocycles. The minimum absolute atomic E-state index is 0.0763. The summed E-state index contributed by atoms with van der Waals surface area (Å²) in [6.07, 6.45) is 0. The molecule has 5 heteroatoms. The Morgan fingerprint density at radius 2 is 2.20 bits per heavy atom. The van der Waals surface area contributed by atoms with Gasteiger partial charge in [0.2, 0.25) is 5.91 Å². The Balaban J connectivity index is 2.26. The van der Waals surface area contributed by atoms with Crippen molar-refractivity contribution in [2.45, 2.75) is 32.9 Å². The Morgan fingerprint density at radius 3 is 2.85 bits per heavy atom. The van der Waals surface area contributed by atoms with Crippen LogP contribution < -0.4 is 15.5 Å². The third-order valence-electron chi connectivity index (χ3n) is 3.73. The molecule has 0 bridgehead atoms. The number of anilines is 1. The fourth-order valence-electron chi connectivity index (χ4n) is 2.47. The van der Waals surface area contributed by atoms with Crippen LogP contribution in [0.2, 0.25) is 0 Å². The Labute approximate surface area is 129 Å². The molecule has 0 spiro atoms. The van der Waals surface area contributed by atoms with E-state index in [0.29, 0.717) is 6.54 Å². The summed E-state index contributed by atoms with van der Waals surface area (Å²) in [7, 11) is 0. The summed E-state index contributed by atoms with van der Waals surface area (Å²) >= 11 is 3.65. The minimum atomic E-state index is -0.524. The summed E-state index contributed by atoms with van der Waals surface area (Å²) < 4.78 is 1.04. The highest BCUT2D eigenvalue weighted by Gasteiger charge is 2.38. The predicted octanol–water partition coefficient (Wildman–Crippen LogP) is 2.27. The van der Waals surface area contributed by atoms with Crippen molar-refractivity contribution in [3.8, 4) is 0 Å². The molecule has 2 N–H and O–H groups in total. The van der Waals surface area contributed by atoms with E-state index >= 15 is 0 Å². The molecule has 0 unspecified atom stereocenters. The number of rotatable bonds is 4. The summed E-state index contributed by atoms with van der Waals surface area (Å²) in [5.41, 5.74) is 1.79. The van der Waals surface area contributed by atoms with E-state index in [1.54, 1.807) is 0 Å². The highest BCUT2D eigenvalue weighted by Crippen LogP contribution is 2.33. The Hall–Kier alpha value is -1.07. The average molecular weight is 340 g/mol. The zero-order chi connectivity index (χ0) is 14.8. The molecule has 0 atom stereocenters. The van der Waals surface area contributed by atoms with E-state index in [4.69, 9.17) is 0 Å². The molecule has 1 fully saturated rings. The lowest BCUT2D eigenvalue weighted by Crippen LogP contribution is -2.62. The highest BCUT2D eigenvalue weighted by atomic mass is 79.9. The molecule has 1 aliphatic heterocycles. The number of hydrogen-bond donors (Lipinski definition) is 2. The van der Waals surface area contributed by atoms with E-state index in [1.807, 2.05) is 13.8 Å². The maximum atomic E-state index is 12.0. The van der Waals surface area contributed by atoms with Crippen LogP contribution in [0.25, 0.3) is 0 Å². The number of benzene rings is 1. The van der Waals surface area contributed by atoms with Gasteiger partial charge in [-0.1, -0.05) is 13.0 Å². The molecule has 1 saturated heterocycles. The first-order valence-electron chi connectivity index (χ1n) is 7.02. The maximum absolute atomic E-state index is 12.0. The van der Waals surface area contributed by atoms with E-state index in [-0.39, 0.29) is 5.91 Å². The summed E-state index contributed by atoms with van der Waals surface area (Å²) in [5, 5.41) is 6.24.